The van der Waals surface area contributed by atoms with E-state index in [1.54, 1.807) is 12.1 Å². The summed E-state index contributed by atoms with van der Waals surface area (Å²) in [5.41, 5.74) is -0.277. The number of sulfonamides is 1. The van der Waals surface area contributed by atoms with Gasteiger partial charge in [-0.3, -0.25) is 15.0 Å². The molecule has 0 bridgehead atoms. The number of amides is 3. The zero-order chi connectivity index (χ0) is 22.9. The molecule has 2 N–H and O–H groups in total. The Morgan fingerprint density at radius 2 is 2.03 bits per heavy atom. The number of ether oxygens (including phenoxy) is 1. The van der Waals surface area contributed by atoms with E-state index < -0.39 is 38.7 Å². The van der Waals surface area contributed by atoms with Gasteiger partial charge in [0.1, 0.15) is 6.54 Å². The smallest absolute Gasteiger partial charge is 0.325 e. The zero-order valence-corrected chi connectivity index (χ0v) is 18.6. The molecule has 1 atom stereocenters. The SMILES string of the molecule is C=CCC(N1CC(=O)NC1=O)S(=O)(=O)NC1(c2ccc(F)c(OCC3CCCC3)c2)CC1. The molecule has 2 aliphatic carbocycles. The molecule has 1 aromatic carbocycles. The van der Waals surface area contributed by atoms with Crippen LogP contribution in [0.25, 0.3) is 0 Å². The molecule has 1 heterocycles. The minimum atomic E-state index is -4.06. The van der Waals surface area contributed by atoms with Crippen LogP contribution in [0.3, 0.4) is 0 Å². The molecule has 0 radical (unpaired) electrons. The predicted molar refractivity (Wildman–Crippen MR) is 116 cm³/mol. The standard InChI is InChI=1S/C22H28FN3O5S/c1-2-5-20(26-13-19(27)24-21(26)28)32(29,30)25-22(10-11-22)16-8-9-17(23)18(12-16)31-14-15-6-3-4-7-15/h2,8-9,12,15,20,25H,1,3-7,10-11,13-14H2,(H,24,27,28). The molecule has 10 heteroatoms. The summed E-state index contributed by atoms with van der Waals surface area (Å²) in [7, 11) is -4.06. The van der Waals surface area contributed by atoms with Gasteiger partial charge < -0.3 is 4.74 Å². The van der Waals surface area contributed by atoms with E-state index in [2.05, 4.69) is 16.6 Å². The number of rotatable bonds is 10. The molecule has 0 aromatic heterocycles. The van der Waals surface area contributed by atoms with Crippen LogP contribution < -0.4 is 14.8 Å². The number of carbonyl (C=O) groups excluding carboxylic acids is 2. The average molecular weight is 466 g/mol. The normalized spacial score (nSPS) is 21.5. The summed E-state index contributed by atoms with van der Waals surface area (Å²) in [6.07, 6.45) is 6.89. The first-order valence-electron chi connectivity index (χ1n) is 10.9. The van der Waals surface area contributed by atoms with Crippen molar-refractivity contribution >= 4 is 22.0 Å². The van der Waals surface area contributed by atoms with Crippen LogP contribution in [-0.2, 0) is 20.4 Å². The van der Waals surface area contributed by atoms with Crippen molar-refractivity contribution in [1.82, 2.24) is 14.9 Å². The van der Waals surface area contributed by atoms with Gasteiger partial charge >= 0.3 is 6.03 Å². The van der Waals surface area contributed by atoms with Crippen LogP contribution in [-0.4, -0.2) is 43.8 Å². The summed E-state index contributed by atoms with van der Waals surface area (Å²) in [5.74, 6) is -0.502. The second-order valence-electron chi connectivity index (χ2n) is 8.80. The zero-order valence-electron chi connectivity index (χ0n) is 17.8. The van der Waals surface area contributed by atoms with E-state index in [-0.39, 0.29) is 18.7 Å². The van der Waals surface area contributed by atoms with Gasteiger partial charge in [0.05, 0.1) is 12.1 Å². The van der Waals surface area contributed by atoms with E-state index >= 15 is 0 Å². The lowest BCUT2D eigenvalue weighted by atomic mass is 10.1. The number of nitrogens with one attached hydrogen (secondary N) is 2. The molecule has 8 nitrogen and oxygen atoms in total. The Hall–Kier alpha value is -2.46. The number of carbonyl (C=O) groups is 2. The summed E-state index contributed by atoms with van der Waals surface area (Å²) >= 11 is 0. The number of halogens is 1. The highest BCUT2D eigenvalue weighted by Gasteiger charge is 2.50. The summed E-state index contributed by atoms with van der Waals surface area (Å²) in [5, 5.41) is 0.827. The Bertz CT molecular complexity index is 1020. The highest BCUT2D eigenvalue weighted by molar-refractivity contribution is 7.90. The van der Waals surface area contributed by atoms with Crippen molar-refractivity contribution in [1.29, 1.82) is 0 Å². The van der Waals surface area contributed by atoms with Crippen molar-refractivity contribution in [3.05, 3.63) is 42.2 Å². The molecule has 4 rings (SSSR count). The summed E-state index contributed by atoms with van der Waals surface area (Å²) in [4.78, 5) is 24.6. The molecule has 1 unspecified atom stereocenters. The highest BCUT2D eigenvalue weighted by Crippen LogP contribution is 2.47. The van der Waals surface area contributed by atoms with Crippen LogP contribution in [0.15, 0.2) is 30.9 Å². The first-order valence-corrected chi connectivity index (χ1v) is 12.5. The second kappa shape index (κ2) is 8.82. The minimum absolute atomic E-state index is 0.0364. The number of urea groups is 1. The molecule has 0 spiro atoms. The topological polar surface area (TPSA) is 105 Å². The van der Waals surface area contributed by atoms with Gasteiger partial charge in [-0.25, -0.2) is 22.3 Å². The van der Waals surface area contributed by atoms with Crippen LogP contribution >= 0.6 is 0 Å². The average Bonchev–Trinajstić information content (AvgIpc) is 3.16. The lowest BCUT2D eigenvalue weighted by molar-refractivity contribution is -0.118. The van der Waals surface area contributed by atoms with Crippen LogP contribution in [0, 0.1) is 11.7 Å². The maximum Gasteiger partial charge on any atom is 0.325 e. The lowest BCUT2D eigenvalue weighted by Crippen LogP contribution is -2.50. The summed E-state index contributed by atoms with van der Waals surface area (Å²) in [6.45, 7) is 3.69. The minimum Gasteiger partial charge on any atom is -0.490 e. The number of imide groups is 1. The van der Waals surface area contributed by atoms with E-state index in [1.807, 2.05) is 0 Å². The van der Waals surface area contributed by atoms with E-state index in [0.717, 1.165) is 30.6 Å². The highest BCUT2D eigenvalue weighted by atomic mass is 32.2. The number of hydrogen-bond acceptors (Lipinski definition) is 5. The van der Waals surface area contributed by atoms with Crippen molar-refractivity contribution in [3.8, 4) is 5.75 Å². The van der Waals surface area contributed by atoms with E-state index in [0.29, 0.717) is 30.9 Å². The Morgan fingerprint density at radius 1 is 1.31 bits per heavy atom. The molecule has 1 aromatic rings. The first kappa shape index (κ1) is 22.7. The van der Waals surface area contributed by atoms with Crippen molar-refractivity contribution in [2.75, 3.05) is 13.2 Å². The Kier molecular flexibility index (Phi) is 6.26. The molecule has 32 heavy (non-hydrogen) atoms. The molecule has 174 valence electrons. The fourth-order valence-electron chi connectivity index (χ4n) is 4.47. The molecule has 3 amide bonds. The Morgan fingerprint density at radius 3 is 2.62 bits per heavy atom. The molecule has 1 saturated heterocycles. The van der Waals surface area contributed by atoms with Gasteiger partial charge in [0, 0.05) is 6.42 Å². The van der Waals surface area contributed by atoms with Gasteiger partial charge in [-0.1, -0.05) is 25.0 Å². The van der Waals surface area contributed by atoms with Crippen molar-refractivity contribution < 1.29 is 27.1 Å². The molecular weight excluding hydrogens is 437 g/mol. The Balaban J connectivity index is 1.53. The van der Waals surface area contributed by atoms with Gasteiger partial charge in [0.25, 0.3) is 0 Å². The van der Waals surface area contributed by atoms with Gasteiger partial charge in [0.15, 0.2) is 16.9 Å². The first-order chi connectivity index (χ1) is 15.2. The molecule has 1 aliphatic heterocycles. The number of benzene rings is 1. The molecule has 3 aliphatic rings. The van der Waals surface area contributed by atoms with E-state index in [1.165, 1.54) is 12.1 Å². The molecule has 2 saturated carbocycles. The third-order valence-corrected chi connectivity index (χ3v) is 8.25. The summed E-state index contributed by atoms with van der Waals surface area (Å²) in [6, 6.07) is 3.67. The van der Waals surface area contributed by atoms with Gasteiger partial charge in [-0.05, 0) is 49.3 Å². The molecular formula is C22H28FN3O5S. The van der Waals surface area contributed by atoms with E-state index in [4.69, 9.17) is 4.74 Å². The maximum atomic E-state index is 14.3. The van der Waals surface area contributed by atoms with Crippen LogP contribution in [0.1, 0.15) is 50.5 Å². The van der Waals surface area contributed by atoms with Crippen LogP contribution in [0.4, 0.5) is 9.18 Å². The number of hydrogen-bond donors (Lipinski definition) is 2. The van der Waals surface area contributed by atoms with Crippen LogP contribution in [0.5, 0.6) is 5.75 Å². The van der Waals surface area contributed by atoms with Gasteiger partial charge in [-0.2, -0.15) is 0 Å². The third-order valence-electron chi connectivity index (χ3n) is 6.42. The fourth-order valence-corrected chi connectivity index (χ4v) is 6.36. The third kappa shape index (κ3) is 4.66. The van der Waals surface area contributed by atoms with Crippen LogP contribution in [0.2, 0.25) is 0 Å². The van der Waals surface area contributed by atoms with E-state index in [9.17, 15) is 22.4 Å². The largest absolute Gasteiger partial charge is 0.490 e. The van der Waals surface area contributed by atoms with Gasteiger partial charge in [-0.15, -0.1) is 6.58 Å². The second-order valence-corrected chi connectivity index (χ2v) is 10.6. The fraction of sp³-hybridized carbons (Fsp3) is 0.545. The van der Waals surface area contributed by atoms with Crippen molar-refractivity contribution in [2.45, 2.75) is 55.9 Å². The molecule has 3 fully saturated rings. The predicted octanol–water partition coefficient (Wildman–Crippen LogP) is 2.76. The maximum absolute atomic E-state index is 14.3. The van der Waals surface area contributed by atoms with Gasteiger partial charge in [0.2, 0.25) is 15.9 Å². The number of nitrogens with zero attached hydrogens (tertiary/aromatic N) is 1. The van der Waals surface area contributed by atoms with Crippen molar-refractivity contribution in [2.24, 2.45) is 5.92 Å². The Labute approximate surface area is 187 Å². The quantitative estimate of drug-likeness (QED) is 0.408. The monoisotopic (exact) mass is 465 g/mol. The van der Waals surface area contributed by atoms with Crippen molar-refractivity contribution in [3.63, 3.8) is 0 Å². The lowest BCUT2D eigenvalue weighted by Gasteiger charge is -2.28. The summed E-state index contributed by atoms with van der Waals surface area (Å²) < 4.78 is 49.3.